The molecule has 0 aliphatic heterocycles. The molecule has 0 amide bonds. The van der Waals surface area contributed by atoms with Gasteiger partial charge in [0.15, 0.2) is 0 Å². The number of rotatable bonds is 5. The normalized spacial score (nSPS) is 10.7. The lowest BCUT2D eigenvalue weighted by atomic mass is 10.1. The maximum absolute atomic E-state index is 4.65. The van der Waals surface area contributed by atoms with Gasteiger partial charge >= 0.3 is 0 Å². The third-order valence-corrected chi connectivity index (χ3v) is 3.20. The first kappa shape index (κ1) is 13.5. The topological polar surface area (TPSA) is 55.6 Å². The molecule has 2 rings (SSSR count). The lowest BCUT2D eigenvalue weighted by molar-refractivity contribution is 0.793. The third-order valence-electron chi connectivity index (χ3n) is 3.20. The fourth-order valence-corrected chi connectivity index (χ4v) is 2.00. The van der Waals surface area contributed by atoms with Crippen molar-refractivity contribution in [2.24, 2.45) is 7.05 Å². The number of nitrogens with zero attached hydrogens (tertiary/aromatic N) is 4. The van der Waals surface area contributed by atoms with E-state index in [1.54, 1.807) is 0 Å². The highest BCUT2D eigenvalue weighted by atomic mass is 15.1. The molecule has 2 aromatic rings. The van der Waals surface area contributed by atoms with Crippen LogP contribution < -0.4 is 5.32 Å². The van der Waals surface area contributed by atoms with Crippen LogP contribution in [-0.2, 0) is 19.9 Å². The number of hydrogen-bond acceptors (Lipinski definition) is 4. The van der Waals surface area contributed by atoms with Crippen LogP contribution in [0.5, 0.6) is 0 Å². The van der Waals surface area contributed by atoms with Crippen LogP contribution in [-0.4, -0.2) is 26.1 Å². The predicted octanol–water partition coefficient (Wildman–Crippen LogP) is 2.10. The Morgan fingerprint density at radius 3 is 2.63 bits per heavy atom. The highest BCUT2D eigenvalue weighted by Crippen LogP contribution is 2.18. The van der Waals surface area contributed by atoms with Gasteiger partial charge in [-0.2, -0.15) is 0 Å². The van der Waals surface area contributed by atoms with Crippen LogP contribution in [0.1, 0.15) is 36.8 Å². The molecule has 19 heavy (non-hydrogen) atoms. The molecule has 0 fully saturated rings. The summed E-state index contributed by atoms with van der Waals surface area (Å²) in [6.45, 7) is 7.08. The number of nitrogens with one attached hydrogen (secondary N) is 1. The predicted molar refractivity (Wildman–Crippen MR) is 76.3 cm³/mol. The molecule has 5 heteroatoms. The van der Waals surface area contributed by atoms with E-state index in [1.165, 1.54) is 0 Å². The molecule has 2 heterocycles. The first-order valence-corrected chi connectivity index (χ1v) is 6.72. The lowest BCUT2D eigenvalue weighted by Crippen LogP contribution is -2.11. The molecule has 0 aliphatic carbocycles. The molecule has 0 unspecified atom stereocenters. The van der Waals surface area contributed by atoms with Gasteiger partial charge < -0.3 is 9.88 Å². The van der Waals surface area contributed by atoms with Crippen molar-refractivity contribution in [3.8, 4) is 0 Å². The molecule has 0 aromatic carbocycles. The maximum atomic E-state index is 4.65. The van der Waals surface area contributed by atoms with E-state index in [0.29, 0.717) is 0 Å². The van der Waals surface area contributed by atoms with Crippen molar-refractivity contribution in [3.05, 3.63) is 35.3 Å². The number of anilines is 1. The second kappa shape index (κ2) is 5.82. The van der Waals surface area contributed by atoms with Gasteiger partial charge in [-0.25, -0.2) is 15.0 Å². The van der Waals surface area contributed by atoms with E-state index in [2.05, 4.69) is 41.0 Å². The van der Waals surface area contributed by atoms with Crippen molar-refractivity contribution < 1.29 is 0 Å². The quantitative estimate of drug-likeness (QED) is 0.893. The van der Waals surface area contributed by atoms with Gasteiger partial charge in [-0.3, -0.25) is 0 Å². The molecule has 0 spiro atoms. The summed E-state index contributed by atoms with van der Waals surface area (Å²) in [6.07, 6.45) is 5.35. The van der Waals surface area contributed by atoms with Crippen LogP contribution in [0.15, 0.2) is 12.4 Å². The summed E-state index contributed by atoms with van der Waals surface area (Å²) in [5.41, 5.74) is 2.17. The van der Waals surface area contributed by atoms with E-state index in [-0.39, 0.29) is 0 Å². The van der Waals surface area contributed by atoms with Crippen molar-refractivity contribution in [2.75, 3.05) is 11.9 Å². The molecule has 0 aliphatic rings. The second-order valence-corrected chi connectivity index (χ2v) is 4.58. The highest BCUT2D eigenvalue weighted by molar-refractivity contribution is 5.46. The Morgan fingerprint density at radius 1 is 1.26 bits per heavy atom. The zero-order chi connectivity index (χ0) is 13.8. The Morgan fingerprint density at radius 2 is 2.05 bits per heavy atom. The molecule has 0 bridgehead atoms. The van der Waals surface area contributed by atoms with Gasteiger partial charge in [0, 0.05) is 44.4 Å². The van der Waals surface area contributed by atoms with E-state index in [0.717, 1.165) is 48.1 Å². The van der Waals surface area contributed by atoms with Crippen molar-refractivity contribution in [3.63, 3.8) is 0 Å². The molecule has 0 atom stereocenters. The molecular weight excluding hydrogens is 238 g/mol. The molecule has 0 saturated heterocycles. The van der Waals surface area contributed by atoms with Crippen LogP contribution in [0.25, 0.3) is 0 Å². The van der Waals surface area contributed by atoms with E-state index in [9.17, 15) is 0 Å². The minimum atomic E-state index is 0.739. The third kappa shape index (κ3) is 2.92. The van der Waals surface area contributed by atoms with Crippen LogP contribution in [0, 0.1) is 6.92 Å². The fourth-order valence-electron chi connectivity index (χ4n) is 2.00. The van der Waals surface area contributed by atoms with Crippen molar-refractivity contribution >= 4 is 5.82 Å². The minimum Gasteiger partial charge on any atom is -0.370 e. The number of aryl methyl sites for hydroxylation is 2. The average molecular weight is 259 g/mol. The molecule has 5 nitrogen and oxygen atoms in total. The number of imidazole rings is 1. The molecule has 1 N–H and O–H groups in total. The monoisotopic (exact) mass is 259 g/mol. The summed E-state index contributed by atoms with van der Waals surface area (Å²) in [5, 5.41) is 3.31. The van der Waals surface area contributed by atoms with E-state index < -0.39 is 0 Å². The summed E-state index contributed by atoms with van der Waals surface area (Å²) in [6, 6.07) is 0. The SMILES string of the molecule is CCNc1nc(CC)nc(Cc2nccn2C)c1C. The largest absolute Gasteiger partial charge is 0.370 e. The van der Waals surface area contributed by atoms with E-state index in [1.807, 2.05) is 24.0 Å². The molecule has 0 saturated carbocycles. The zero-order valence-corrected chi connectivity index (χ0v) is 12.1. The molecule has 0 radical (unpaired) electrons. The van der Waals surface area contributed by atoms with E-state index in [4.69, 9.17) is 0 Å². The van der Waals surface area contributed by atoms with Crippen molar-refractivity contribution in [1.29, 1.82) is 0 Å². The van der Waals surface area contributed by atoms with E-state index >= 15 is 0 Å². The Kier molecular flexibility index (Phi) is 4.14. The van der Waals surface area contributed by atoms with Gasteiger partial charge in [0.2, 0.25) is 0 Å². The van der Waals surface area contributed by atoms with Crippen molar-refractivity contribution in [2.45, 2.75) is 33.6 Å². The summed E-state index contributed by atoms with van der Waals surface area (Å²) >= 11 is 0. The Bertz CT molecular complexity index is 559. The van der Waals surface area contributed by atoms with Crippen LogP contribution in [0.2, 0.25) is 0 Å². The van der Waals surface area contributed by atoms with Gasteiger partial charge in [-0.05, 0) is 13.8 Å². The summed E-state index contributed by atoms with van der Waals surface area (Å²) in [7, 11) is 2.00. The van der Waals surface area contributed by atoms with Gasteiger partial charge in [-0.15, -0.1) is 0 Å². The van der Waals surface area contributed by atoms with Crippen LogP contribution in [0.4, 0.5) is 5.82 Å². The fraction of sp³-hybridized carbons (Fsp3) is 0.500. The zero-order valence-electron chi connectivity index (χ0n) is 12.1. The smallest absolute Gasteiger partial charge is 0.132 e. The van der Waals surface area contributed by atoms with Gasteiger partial charge in [0.1, 0.15) is 17.5 Å². The number of hydrogen-bond donors (Lipinski definition) is 1. The first-order chi connectivity index (χ1) is 9.15. The maximum Gasteiger partial charge on any atom is 0.132 e. The molecule has 2 aromatic heterocycles. The van der Waals surface area contributed by atoms with Crippen LogP contribution in [0.3, 0.4) is 0 Å². The Labute approximate surface area is 114 Å². The summed E-state index contributed by atoms with van der Waals surface area (Å²) < 4.78 is 2.03. The highest BCUT2D eigenvalue weighted by Gasteiger charge is 2.12. The Hall–Kier alpha value is -1.91. The standard InChI is InChI=1S/C14H21N5/c1-5-12-17-11(9-13-16-7-8-19(13)4)10(3)14(18-12)15-6-2/h7-8H,5-6,9H2,1-4H3,(H,15,17,18). The van der Waals surface area contributed by atoms with Gasteiger partial charge in [0.25, 0.3) is 0 Å². The lowest BCUT2D eigenvalue weighted by Gasteiger charge is -2.12. The summed E-state index contributed by atoms with van der Waals surface area (Å²) in [4.78, 5) is 13.6. The average Bonchev–Trinajstić information content (AvgIpc) is 2.80. The molecular formula is C14H21N5. The Balaban J connectivity index is 2.38. The van der Waals surface area contributed by atoms with Gasteiger partial charge in [-0.1, -0.05) is 6.92 Å². The summed E-state index contributed by atoms with van der Waals surface area (Å²) in [5.74, 6) is 2.84. The minimum absolute atomic E-state index is 0.739. The van der Waals surface area contributed by atoms with Crippen molar-refractivity contribution in [1.82, 2.24) is 19.5 Å². The number of aromatic nitrogens is 4. The van der Waals surface area contributed by atoms with Crippen LogP contribution >= 0.6 is 0 Å². The first-order valence-electron chi connectivity index (χ1n) is 6.72. The molecule has 102 valence electrons. The van der Waals surface area contributed by atoms with Gasteiger partial charge in [0.05, 0.1) is 5.69 Å². The second-order valence-electron chi connectivity index (χ2n) is 4.58.